The molecule has 0 spiro atoms. The van der Waals surface area contributed by atoms with Gasteiger partial charge in [0.1, 0.15) is 5.78 Å². The number of carbonyl (C=O) groups excluding carboxylic acids is 1. The second-order valence-electron chi connectivity index (χ2n) is 12.5. The number of benzene rings is 5. The molecule has 1 fully saturated rings. The Labute approximate surface area is 258 Å². The molecule has 216 valence electrons. The average Bonchev–Trinajstić information content (AvgIpc) is 3.05. The van der Waals surface area contributed by atoms with E-state index in [1.54, 1.807) is 0 Å². The molecule has 0 bridgehead atoms. The summed E-state index contributed by atoms with van der Waals surface area (Å²) in [6.07, 6.45) is 1.18. The monoisotopic (exact) mass is 580 g/mol. The molecular formula is C41H41OP. The van der Waals surface area contributed by atoms with E-state index >= 15 is 0 Å². The molecule has 5 aromatic rings. The van der Waals surface area contributed by atoms with Gasteiger partial charge < -0.3 is 0 Å². The Balaban J connectivity index is 1.62. The topological polar surface area (TPSA) is 17.1 Å². The Kier molecular flexibility index (Phi) is 8.73. The van der Waals surface area contributed by atoms with Crippen LogP contribution in [-0.2, 0) is 4.79 Å². The second kappa shape index (κ2) is 12.8. The lowest BCUT2D eigenvalue weighted by atomic mass is 9.96. The van der Waals surface area contributed by atoms with Crippen LogP contribution >= 0.6 is 7.92 Å². The van der Waals surface area contributed by atoms with Crippen molar-refractivity contribution in [2.45, 2.75) is 63.7 Å². The van der Waals surface area contributed by atoms with E-state index in [4.69, 9.17) is 0 Å². The van der Waals surface area contributed by atoms with Gasteiger partial charge in [-0.05, 0) is 61.6 Å². The predicted octanol–water partition coefficient (Wildman–Crippen LogP) is 11.2. The van der Waals surface area contributed by atoms with Crippen molar-refractivity contribution in [3.05, 3.63) is 150 Å². The number of hydrogen-bond donors (Lipinski definition) is 0. The summed E-state index contributed by atoms with van der Waals surface area (Å²) in [5.74, 6) is 1.31. The Morgan fingerprint density at radius 2 is 0.907 bits per heavy atom. The zero-order valence-corrected chi connectivity index (χ0v) is 26.6. The summed E-state index contributed by atoms with van der Waals surface area (Å²) in [5.41, 5.74) is 10.6. The van der Waals surface area contributed by atoms with Crippen LogP contribution in [0, 0.1) is 0 Å². The molecule has 0 N–H and O–H groups in total. The van der Waals surface area contributed by atoms with Gasteiger partial charge in [-0.1, -0.05) is 163 Å². The molecule has 43 heavy (non-hydrogen) atoms. The van der Waals surface area contributed by atoms with Gasteiger partial charge in [-0.2, -0.15) is 0 Å². The smallest absolute Gasteiger partial charge is 0.134 e. The largest absolute Gasteiger partial charge is 0.300 e. The molecule has 5 aromatic carbocycles. The summed E-state index contributed by atoms with van der Waals surface area (Å²) in [6, 6.07) is 46.8. The number of Topliss-reactive ketones (excluding diaryl/α,β-unsaturated/α-hetero) is 1. The van der Waals surface area contributed by atoms with Crippen LogP contribution in [0.5, 0.6) is 0 Å². The first kappa shape index (κ1) is 29.3. The lowest BCUT2D eigenvalue weighted by Crippen LogP contribution is -2.25. The van der Waals surface area contributed by atoms with Crippen LogP contribution in [0.4, 0.5) is 0 Å². The fourth-order valence-corrected chi connectivity index (χ4v) is 10.3. The molecule has 0 aromatic heterocycles. The predicted molar refractivity (Wildman–Crippen MR) is 185 cm³/mol. The third-order valence-corrected chi connectivity index (χ3v) is 12.3. The summed E-state index contributed by atoms with van der Waals surface area (Å²) in [7, 11) is -0.832. The number of ketones is 1. The van der Waals surface area contributed by atoms with Crippen LogP contribution in [0.1, 0.15) is 85.9 Å². The molecule has 0 aliphatic carbocycles. The fraction of sp³-hybridized carbons (Fsp3) is 0.244. The van der Waals surface area contributed by atoms with Gasteiger partial charge in [-0.15, -0.1) is 0 Å². The van der Waals surface area contributed by atoms with Gasteiger partial charge in [0.25, 0.3) is 0 Å². The Hall–Kier alpha value is -3.80. The molecule has 1 aliphatic heterocycles. The fourth-order valence-electron chi connectivity index (χ4n) is 6.53. The van der Waals surface area contributed by atoms with Gasteiger partial charge in [0.05, 0.1) is 0 Å². The Morgan fingerprint density at radius 1 is 0.512 bits per heavy atom. The molecule has 0 saturated carbocycles. The normalized spacial score (nSPS) is 18.7. The maximum Gasteiger partial charge on any atom is 0.134 e. The van der Waals surface area contributed by atoms with Crippen molar-refractivity contribution in [3.8, 4) is 22.3 Å². The zero-order chi connectivity index (χ0) is 29.9. The van der Waals surface area contributed by atoms with Crippen molar-refractivity contribution in [2.24, 2.45) is 0 Å². The number of hydrogen-bond acceptors (Lipinski definition) is 1. The minimum Gasteiger partial charge on any atom is -0.300 e. The summed E-state index contributed by atoms with van der Waals surface area (Å²) in [5, 5.41) is 1.42. The van der Waals surface area contributed by atoms with Crippen molar-refractivity contribution < 1.29 is 4.79 Å². The summed E-state index contributed by atoms with van der Waals surface area (Å²) < 4.78 is 0. The molecule has 1 heterocycles. The summed E-state index contributed by atoms with van der Waals surface area (Å²) >= 11 is 0. The molecule has 1 nitrogen and oxygen atoms in total. The summed E-state index contributed by atoms with van der Waals surface area (Å²) in [6.45, 7) is 8.96. The highest BCUT2D eigenvalue weighted by molar-refractivity contribution is 7.67. The third kappa shape index (κ3) is 6.15. The van der Waals surface area contributed by atoms with Gasteiger partial charge in [0, 0.05) is 24.2 Å². The molecule has 2 unspecified atom stereocenters. The highest BCUT2D eigenvalue weighted by atomic mass is 31.1. The quantitative estimate of drug-likeness (QED) is 0.175. The first-order valence-corrected chi connectivity index (χ1v) is 17.1. The van der Waals surface area contributed by atoms with E-state index in [0.717, 1.165) is 0 Å². The molecule has 2 atom stereocenters. The molecule has 0 radical (unpaired) electrons. The van der Waals surface area contributed by atoms with Crippen LogP contribution in [0.3, 0.4) is 0 Å². The van der Waals surface area contributed by atoms with Gasteiger partial charge >= 0.3 is 0 Å². The van der Waals surface area contributed by atoms with E-state index in [9.17, 15) is 4.79 Å². The standard InChI is InChI=1S/C41H41OP/c1-28(2)30-18-22-34(23-19-30)39-26-36(42)27-40(35-24-20-31(21-25-35)29(3)4)43(39)41-37(32-12-7-5-8-13-32)16-11-17-38(41)33-14-9-6-10-15-33/h5-25,28-29,39-40H,26-27H2,1-4H3. The van der Waals surface area contributed by atoms with E-state index < -0.39 is 7.92 Å². The van der Waals surface area contributed by atoms with Crippen LogP contribution in [0.25, 0.3) is 22.3 Å². The van der Waals surface area contributed by atoms with E-state index in [1.807, 2.05) is 0 Å². The number of rotatable bonds is 7. The van der Waals surface area contributed by atoms with E-state index in [0.29, 0.717) is 30.5 Å². The summed E-state index contributed by atoms with van der Waals surface area (Å²) in [4.78, 5) is 13.7. The van der Waals surface area contributed by atoms with Crippen molar-refractivity contribution in [3.63, 3.8) is 0 Å². The molecule has 6 rings (SSSR count). The molecule has 0 amide bonds. The molecule has 2 heteroatoms. The van der Waals surface area contributed by atoms with Gasteiger partial charge in [-0.25, -0.2) is 0 Å². The zero-order valence-electron chi connectivity index (χ0n) is 25.7. The minimum absolute atomic E-state index is 0.138. The van der Waals surface area contributed by atoms with Crippen LogP contribution in [0.2, 0.25) is 0 Å². The highest BCUT2D eigenvalue weighted by Crippen LogP contribution is 2.68. The van der Waals surface area contributed by atoms with Crippen molar-refractivity contribution in [2.75, 3.05) is 0 Å². The molecule has 1 aliphatic rings. The van der Waals surface area contributed by atoms with E-state index in [2.05, 4.69) is 155 Å². The third-order valence-electron chi connectivity index (χ3n) is 8.95. The SMILES string of the molecule is CC(C)c1ccc(C2CC(=O)CC(c3ccc(C(C)C)cc3)P2c2c(-c3ccccc3)cccc2-c2ccccc2)cc1. The van der Waals surface area contributed by atoms with Crippen LogP contribution < -0.4 is 5.30 Å². The Morgan fingerprint density at radius 3 is 1.28 bits per heavy atom. The van der Waals surface area contributed by atoms with Gasteiger partial charge in [0.15, 0.2) is 0 Å². The number of carbonyl (C=O) groups is 1. The maximum atomic E-state index is 13.7. The minimum atomic E-state index is -0.832. The lowest BCUT2D eigenvalue weighted by molar-refractivity contribution is -0.119. The van der Waals surface area contributed by atoms with Gasteiger partial charge in [-0.3, -0.25) is 4.79 Å². The van der Waals surface area contributed by atoms with Gasteiger partial charge in [0.2, 0.25) is 0 Å². The molecule has 1 saturated heterocycles. The highest BCUT2D eigenvalue weighted by Gasteiger charge is 2.41. The lowest BCUT2D eigenvalue weighted by Gasteiger charge is -2.41. The first-order valence-electron chi connectivity index (χ1n) is 15.6. The first-order chi connectivity index (χ1) is 20.9. The van der Waals surface area contributed by atoms with Crippen molar-refractivity contribution in [1.82, 2.24) is 0 Å². The van der Waals surface area contributed by atoms with Crippen molar-refractivity contribution in [1.29, 1.82) is 0 Å². The maximum absolute atomic E-state index is 13.7. The Bertz CT molecular complexity index is 1550. The van der Waals surface area contributed by atoms with Crippen molar-refractivity contribution >= 4 is 19.0 Å². The second-order valence-corrected chi connectivity index (χ2v) is 15.0. The van der Waals surface area contributed by atoms with Crippen LogP contribution in [-0.4, -0.2) is 5.78 Å². The molecular weight excluding hydrogens is 539 g/mol. The van der Waals surface area contributed by atoms with Crippen LogP contribution in [0.15, 0.2) is 127 Å². The van der Waals surface area contributed by atoms with E-state index in [-0.39, 0.29) is 11.3 Å². The van der Waals surface area contributed by atoms with E-state index in [1.165, 1.54) is 49.8 Å². The average molecular weight is 581 g/mol.